The number of aldehydes is 1. The Morgan fingerprint density at radius 1 is 1.27 bits per heavy atom. The number of urea groups is 1. The normalized spacial score (nSPS) is 15.3. The summed E-state index contributed by atoms with van der Waals surface area (Å²) in [5.74, 6) is 0.748. The molecule has 4 heterocycles. The lowest BCUT2D eigenvalue weighted by Gasteiger charge is -2.29. The lowest BCUT2D eigenvalue weighted by atomic mass is 10.0. The number of fused-ring (bicyclic) bond motifs is 1. The van der Waals surface area contributed by atoms with Gasteiger partial charge in [-0.05, 0) is 61.8 Å². The van der Waals surface area contributed by atoms with Gasteiger partial charge in [-0.15, -0.1) is 0 Å². The molecule has 4 rings (SSSR count). The maximum Gasteiger partial charge on any atom is 0.410 e. The van der Waals surface area contributed by atoms with Crippen molar-refractivity contribution in [2.45, 2.75) is 45.1 Å². The van der Waals surface area contributed by atoms with E-state index in [0.29, 0.717) is 68.2 Å². The predicted molar refractivity (Wildman–Crippen MR) is 134 cm³/mol. The van der Waals surface area contributed by atoms with Crippen LogP contribution in [-0.2, 0) is 28.9 Å². The van der Waals surface area contributed by atoms with Crippen molar-refractivity contribution in [2.24, 2.45) is 0 Å². The molecular weight excluding hydrogens is 476 g/mol. The Hall–Kier alpha value is -4.04. The number of carbonyl (C=O) groups is 3. The van der Waals surface area contributed by atoms with Gasteiger partial charge in [-0.1, -0.05) is 0 Å². The monoisotopic (exact) mass is 506 g/mol. The van der Waals surface area contributed by atoms with Gasteiger partial charge < -0.3 is 14.4 Å². The molecule has 0 saturated carbocycles. The number of aromatic nitrogens is 2. The predicted octanol–water partition coefficient (Wildman–Crippen LogP) is 3.46. The summed E-state index contributed by atoms with van der Waals surface area (Å²) < 4.78 is 10.3. The van der Waals surface area contributed by atoms with E-state index in [1.807, 2.05) is 6.07 Å². The molecule has 2 aromatic rings. The van der Waals surface area contributed by atoms with Gasteiger partial charge in [0.1, 0.15) is 23.4 Å². The van der Waals surface area contributed by atoms with Gasteiger partial charge >= 0.3 is 12.1 Å². The van der Waals surface area contributed by atoms with Crippen molar-refractivity contribution in [1.82, 2.24) is 14.9 Å². The number of amides is 3. The first-order valence-corrected chi connectivity index (χ1v) is 12.4. The van der Waals surface area contributed by atoms with Crippen molar-refractivity contribution in [2.75, 3.05) is 43.6 Å². The quantitative estimate of drug-likeness (QED) is 0.424. The number of nitrogens with zero attached hydrogens (tertiary/aromatic N) is 5. The summed E-state index contributed by atoms with van der Waals surface area (Å²) in [6.45, 7) is 2.16. The topological polar surface area (TPSA) is 138 Å². The number of nitriles is 1. The summed E-state index contributed by atoms with van der Waals surface area (Å²) in [7, 11) is 1.62. The van der Waals surface area contributed by atoms with E-state index in [-0.39, 0.29) is 12.2 Å². The number of aryl methyl sites for hydroxylation is 2. The highest BCUT2D eigenvalue weighted by Crippen LogP contribution is 2.29. The molecule has 0 aromatic carbocycles. The average Bonchev–Trinajstić information content (AvgIpc) is 3.11. The molecule has 0 spiro atoms. The van der Waals surface area contributed by atoms with E-state index < -0.39 is 12.1 Å². The molecule has 0 aliphatic carbocycles. The Morgan fingerprint density at radius 2 is 2.14 bits per heavy atom. The number of anilines is 2. The first-order chi connectivity index (χ1) is 18.0. The minimum Gasteiger partial charge on any atom is -0.449 e. The van der Waals surface area contributed by atoms with Crippen molar-refractivity contribution >= 4 is 30.0 Å². The summed E-state index contributed by atoms with van der Waals surface area (Å²) in [6.07, 6.45) is 6.10. The Labute approximate surface area is 215 Å². The zero-order valence-corrected chi connectivity index (χ0v) is 20.9. The third-order valence-corrected chi connectivity index (χ3v) is 6.44. The lowest BCUT2D eigenvalue weighted by molar-refractivity contribution is 0.109. The molecule has 2 aliphatic heterocycles. The van der Waals surface area contributed by atoms with E-state index in [1.165, 1.54) is 11.1 Å². The number of nitrogens with one attached hydrogen (secondary N) is 1. The van der Waals surface area contributed by atoms with E-state index in [2.05, 4.69) is 21.4 Å². The number of hydrogen-bond acceptors (Lipinski definition) is 8. The summed E-state index contributed by atoms with van der Waals surface area (Å²) in [4.78, 5) is 49.2. The number of cyclic esters (lactones) is 1. The van der Waals surface area contributed by atoms with Crippen LogP contribution in [0.1, 0.15) is 58.4 Å². The molecular formula is C26H30N6O5. The van der Waals surface area contributed by atoms with Gasteiger partial charge in [0.05, 0.1) is 18.7 Å². The fourth-order valence-electron chi connectivity index (χ4n) is 4.54. The minimum absolute atomic E-state index is 0.187. The molecule has 37 heavy (non-hydrogen) atoms. The van der Waals surface area contributed by atoms with Gasteiger partial charge in [0, 0.05) is 38.6 Å². The first-order valence-electron chi connectivity index (χ1n) is 12.4. The zero-order chi connectivity index (χ0) is 26.2. The van der Waals surface area contributed by atoms with Crippen molar-refractivity contribution in [1.29, 1.82) is 5.26 Å². The maximum atomic E-state index is 13.2. The highest BCUT2D eigenvalue weighted by atomic mass is 16.6. The molecule has 1 N–H and O–H groups in total. The summed E-state index contributed by atoms with van der Waals surface area (Å²) in [5.41, 5.74) is 2.88. The summed E-state index contributed by atoms with van der Waals surface area (Å²) in [5, 5.41) is 12.2. The van der Waals surface area contributed by atoms with Crippen LogP contribution in [0.2, 0.25) is 0 Å². The van der Waals surface area contributed by atoms with Gasteiger partial charge in [-0.3, -0.25) is 15.0 Å². The van der Waals surface area contributed by atoms with Crippen molar-refractivity contribution in [3.8, 4) is 6.07 Å². The molecule has 1 fully saturated rings. The van der Waals surface area contributed by atoms with Gasteiger partial charge in [0.25, 0.3) is 0 Å². The van der Waals surface area contributed by atoms with Crippen LogP contribution in [-0.4, -0.2) is 66.7 Å². The van der Waals surface area contributed by atoms with E-state index >= 15 is 0 Å². The van der Waals surface area contributed by atoms with Crippen LogP contribution in [0.5, 0.6) is 0 Å². The van der Waals surface area contributed by atoms with E-state index in [1.54, 1.807) is 18.1 Å². The molecule has 0 bridgehead atoms. The van der Waals surface area contributed by atoms with Crippen LogP contribution < -0.4 is 10.2 Å². The van der Waals surface area contributed by atoms with Crippen LogP contribution in [0.4, 0.5) is 21.2 Å². The number of pyridine rings is 2. The molecule has 2 aromatic heterocycles. The standard InChI is InChI=1S/C26H30N6O5/c1-36-10-5-7-18-13-23(28-15-21(18)14-27)30-25(34)32-9-4-6-19-12-20(22(17-33)29-24(19)32)16-31-8-2-3-11-37-26(31)35/h12-13,15,17H,2-11,16H2,1H3,(H,28,30,34). The van der Waals surface area contributed by atoms with Gasteiger partial charge in [-0.25, -0.2) is 19.6 Å². The van der Waals surface area contributed by atoms with Gasteiger partial charge in [0.2, 0.25) is 0 Å². The van der Waals surface area contributed by atoms with E-state index in [0.717, 1.165) is 36.8 Å². The second kappa shape index (κ2) is 12.3. The van der Waals surface area contributed by atoms with Crippen LogP contribution in [0.25, 0.3) is 0 Å². The Kier molecular flexibility index (Phi) is 8.64. The van der Waals surface area contributed by atoms with Crippen molar-refractivity contribution in [3.05, 3.63) is 46.3 Å². The summed E-state index contributed by atoms with van der Waals surface area (Å²) in [6, 6.07) is 5.27. The van der Waals surface area contributed by atoms with E-state index in [4.69, 9.17) is 9.47 Å². The Bertz CT molecular complexity index is 1210. The van der Waals surface area contributed by atoms with Crippen molar-refractivity contribution < 1.29 is 23.9 Å². The second-order valence-corrected chi connectivity index (χ2v) is 9.00. The molecule has 1 saturated heterocycles. The molecule has 11 heteroatoms. The number of ether oxygens (including phenoxy) is 2. The molecule has 0 unspecified atom stereocenters. The molecule has 194 valence electrons. The maximum absolute atomic E-state index is 13.2. The average molecular weight is 507 g/mol. The highest BCUT2D eigenvalue weighted by Gasteiger charge is 2.27. The molecule has 2 aliphatic rings. The number of hydrogen-bond donors (Lipinski definition) is 1. The highest BCUT2D eigenvalue weighted by molar-refractivity contribution is 6.01. The minimum atomic E-state index is -0.422. The SMILES string of the molecule is COCCCc1cc(NC(=O)N2CCCc3cc(CN4CCCCOC4=O)c(C=O)nc32)ncc1C#N. The first kappa shape index (κ1) is 26.0. The third kappa shape index (κ3) is 6.21. The summed E-state index contributed by atoms with van der Waals surface area (Å²) >= 11 is 0. The fourth-order valence-corrected chi connectivity index (χ4v) is 4.54. The van der Waals surface area contributed by atoms with E-state index in [9.17, 15) is 19.6 Å². The zero-order valence-electron chi connectivity index (χ0n) is 20.9. The van der Waals surface area contributed by atoms with Gasteiger partial charge in [0.15, 0.2) is 6.29 Å². The van der Waals surface area contributed by atoms with Crippen LogP contribution in [0, 0.1) is 11.3 Å². The van der Waals surface area contributed by atoms with Crippen LogP contribution in [0.3, 0.4) is 0 Å². The molecule has 3 amide bonds. The number of carbonyl (C=O) groups excluding carboxylic acids is 3. The molecule has 11 nitrogen and oxygen atoms in total. The van der Waals surface area contributed by atoms with Crippen molar-refractivity contribution in [3.63, 3.8) is 0 Å². The van der Waals surface area contributed by atoms with Gasteiger partial charge in [-0.2, -0.15) is 5.26 Å². The third-order valence-electron chi connectivity index (χ3n) is 6.44. The van der Waals surface area contributed by atoms with Crippen LogP contribution in [0.15, 0.2) is 18.3 Å². The molecule has 0 radical (unpaired) electrons. The second-order valence-electron chi connectivity index (χ2n) is 9.00. The Balaban J connectivity index is 1.54. The fraction of sp³-hybridized carbons (Fsp3) is 0.462. The molecule has 0 atom stereocenters. The lowest BCUT2D eigenvalue weighted by Crippen LogP contribution is -2.40. The largest absolute Gasteiger partial charge is 0.449 e. The number of methoxy groups -OCH3 is 1. The number of rotatable bonds is 8. The van der Waals surface area contributed by atoms with Crippen LogP contribution >= 0.6 is 0 Å². The smallest absolute Gasteiger partial charge is 0.410 e. The Morgan fingerprint density at radius 3 is 2.92 bits per heavy atom.